The van der Waals surface area contributed by atoms with Crippen molar-refractivity contribution in [2.24, 2.45) is 0 Å². The van der Waals surface area contributed by atoms with Crippen LogP contribution < -0.4 is 5.69 Å². The average Bonchev–Trinajstić information content (AvgIpc) is 2.75. The van der Waals surface area contributed by atoms with Gasteiger partial charge in [0.05, 0.1) is 29.1 Å². The molecule has 12 heteroatoms. The van der Waals surface area contributed by atoms with Crippen LogP contribution in [0.4, 0.5) is 4.39 Å². The second kappa shape index (κ2) is 9.88. The Morgan fingerprint density at radius 2 is 1.80 bits per heavy atom. The quantitative estimate of drug-likeness (QED) is 0.318. The summed E-state index contributed by atoms with van der Waals surface area (Å²) in [6.07, 6.45) is 3.20. The lowest BCUT2D eigenvalue weighted by atomic mass is 10.1. The summed E-state index contributed by atoms with van der Waals surface area (Å²) in [5.41, 5.74) is 0.387. The van der Waals surface area contributed by atoms with Gasteiger partial charge in [0, 0.05) is 18.6 Å². The number of nitrogens with zero attached hydrogens (tertiary/aromatic N) is 4. The summed E-state index contributed by atoms with van der Waals surface area (Å²) in [4.78, 5) is 24.7. The van der Waals surface area contributed by atoms with Crippen LogP contribution in [0.1, 0.15) is 32.4 Å². The molecule has 8 nitrogen and oxygen atoms in total. The Balaban J connectivity index is 1.99. The summed E-state index contributed by atoms with van der Waals surface area (Å²) in [7, 11) is -5.93. The smallest absolute Gasteiger partial charge is 0.348 e. The van der Waals surface area contributed by atoms with Crippen LogP contribution in [0.3, 0.4) is 0 Å². The molecular weight excluding hydrogens is 511 g/mol. The number of hydrogen-bond acceptors (Lipinski definition) is 7. The van der Waals surface area contributed by atoms with E-state index < -0.39 is 35.8 Å². The minimum Gasteiger partial charge on any atom is -0.408 e. The molecular formula is C23H28ClFN4O4SSi. The first-order valence-corrected chi connectivity index (χ1v) is 16.0. The molecule has 2 heterocycles. The molecule has 188 valence electrons. The number of benzene rings is 1. The zero-order valence-electron chi connectivity index (χ0n) is 20.4. The third-order valence-corrected chi connectivity index (χ3v) is 11.7. The molecule has 3 rings (SSSR count). The van der Waals surface area contributed by atoms with E-state index in [0.717, 1.165) is 6.26 Å². The van der Waals surface area contributed by atoms with E-state index in [2.05, 4.69) is 48.8 Å². The van der Waals surface area contributed by atoms with Gasteiger partial charge in [0.2, 0.25) is 15.0 Å². The maximum absolute atomic E-state index is 14.3. The van der Waals surface area contributed by atoms with Crippen LogP contribution in [-0.4, -0.2) is 42.5 Å². The summed E-state index contributed by atoms with van der Waals surface area (Å²) < 4.78 is 45.7. The van der Waals surface area contributed by atoms with Gasteiger partial charge in [-0.2, -0.15) is 4.98 Å². The van der Waals surface area contributed by atoms with E-state index in [1.54, 1.807) is 12.1 Å². The molecule has 1 atom stereocenters. The van der Waals surface area contributed by atoms with Gasteiger partial charge in [-0.3, -0.25) is 4.57 Å². The molecule has 0 unspecified atom stereocenters. The highest BCUT2D eigenvalue weighted by Gasteiger charge is 2.39. The fraction of sp³-hybridized carbons (Fsp3) is 0.391. The maximum Gasteiger partial charge on any atom is 0.348 e. The van der Waals surface area contributed by atoms with Gasteiger partial charge < -0.3 is 4.43 Å². The molecule has 0 amide bonds. The van der Waals surface area contributed by atoms with Crippen molar-refractivity contribution < 1.29 is 17.2 Å². The summed E-state index contributed by atoms with van der Waals surface area (Å²) in [5, 5.41) is -0.469. The number of hydrogen-bond donors (Lipinski definition) is 0. The van der Waals surface area contributed by atoms with Crippen LogP contribution in [0.2, 0.25) is 23.2 Å². The van der Waals surface area contributed by atoms with Crippen molar-refractivity contribution in [2.45, 2.75) is 56.7 Å². The van der Waals surface area contributed by atoms with E-state index in [1.807, 2.05) is 0 Å². The zero-order chi connectivity index (χ0) is 26.2. The van der Waals surface area contributed by atoms with Crippen molar-refractivity contribution in [2.75, 3.05) is 6.26 Å². The minimum atomic E-state index is -3.62. The van der Waals surface area contributed by atoms with Gasteiger partial charge in [-0.25, -0.2) is 27.6 Å². The summed E-state index contributed by atoms with van der Waals surface area (Å²) >= 11 is 5.87. The molecule has 0 fully saturated rings. The number of aromatic nitrogens is 4. The molecule has 0 bridgehead atoms. The van der Waals surface area contributed by atoms with Gasteiger partial charge >= 0.3 is 5.69 Å². The normalized spacial score (nSPS) is 13.6. The lowest BCUT2D eigenvalue weighted by molar-refractivity contribution is 0.161. The molecule has 0 N–H and O–H groups in total. The second-order valence-corrected chi connectivity index (χ2v) is 16.9. The topological polar surface area (TPSA) is 104 Å². The van der Waals surface area contributed by atoms with Gasteiger partial charge in [0.1, 0.15) is 5.82 Å². The second-order valence-electron chi connectivity index (χ2n) is 9.78. The first-order valence-electron chi connectivity index (χ1n) is 10.8. The van der Waals surface area contributed by atoms with Crippen LogP contribution >= 0.6 is 11.6 Å². The lowest BCUT2D eigenvalue weighted by Gasteiger charge is -2.39. The van der Waals surface area contributed by atoms with Crippen molar-refractivity contribution >= 4 is 29.8 Å². The lowest BCUT2D eigenvalue weighted by Crippen LogP contribution is -2.43. The van der Waals surface area contributed by atoms with Gasteiger partial charge in [-0.05, 0) is 48.0 Å². The van der Waals surface area contributed by atoms with E-state index in [1.165, 1.54) is 35.2 Å². The standard InChI is InChI=1S/C23H28ClFN4O4SSi/c1-23(2,3)35(5,6)33-20(15-7-8-16(24)17(25)13-15)14-29-12-10-19(28-22(29)30)18-9-11-26-21(27-18)34(4,31)32/h7-13,20H,14H2,1-6H3/t20-/m0/s1. The van der Waals surface area contributed by atoms with Crippen molar-refractivity contribution in [3.8, 4) is 11.4 Å². The third-order valence-electron chi connectivity index (χ3n) is 6.02. The molecule has 0 saturated heterocycles. The monoisotopic (exact) mass is 538 g/mol. The largest absolute Gasteiger partial charge is 0.408 e. The number of halogens is 2. The van der Waals surface area contributed by atoms with Crippen molar-refractivity contribution in [1.29, 1.82) is 0 Å². The number of sulfone groups is 1. The fourth-order valence-electron chi connectivity index (χ4n) is 3.01. The molecule has 0 aliphatic rings. The molecule has 1 aromatic carbocycles. The summed E-state index contributed by atoms with van der Waals surface area (Å²) in [6.45, 7) is 10.5. The van der Waals surface area contributed by atoms with Crippen LogP contribution in [0.15, 0.2) is 52.7 Å². The van der Waals surface area contributed by atoms with E-state index >= 15 is 0 Å². The van der Waals surface area contributed by atoms with Crippen LogP contribution in [-0.2, 0) is 20.8 Å². The van der Waals surface area contributed by atoms with Gasteiger partial charge in [0.15, 0.2) is 8.32 Å². The molecule has 35 heavy (non-hydrogen) atoms. The van der Waals surface area contributed by atoms with Crippen LogP contribution in [0.5, 0.6) is 0 Å². The van der Waals surface area contributed by atoms with Crippen molar-refractivity contribution in [1.82, 2.24) is 19.5 Å². The Hall–Kier alpha value is -2.47. The summed E-state index contributed by atoms with van der Waals surface area (Å²) in [6, 6.07) is 7.50. The molecule has 0 spiro atoms. The van der Waals surface area contributed by atoms with Gasteiger partial charge in [0.25, 0.3) is 0 Å². The highest BCUT2D eigenvalue weighted by atomic mass is 35.5. The maximum atomic E-state index is 14.3. The van der Waals surface area contributed by atoms with E-state index in [4.69, 9.17) is 16.0 Å². The highest BCUT2D eigenvalue weighted by molar-refractivity contribution is 7.90. The molecule has 0 saturated carbocycles. The fourth-order valence-corrected chi connectivity index (χ4v) is 4.92. The summed E-state index contributed by atoms with van der Waals surface area (Å²) in [5.74, 6) is -0.570. The molecule has 3 aromatic rings. The Morgan fingerprint density at radius 1 is 1.14 bits per heavy atom. The van der Waals surface area contributed by atoms with Gasteiger partial charge in [-0.1, -0.05) is 38.4 Å². The predicted molar refractivity (Wildman–Crippen MR) is 135 cm³/mol. The van der Waals surface area contributed by atoms with Crippen LogP contribution in [0, 0.1) is 5.82 Å². The molecule has 0 aliphatic carbocycles. The minimum absolute atomic E-state index is 0.00123. The van der Waals surface area contributed by atoms with Gasteiger partial charge in [-0.15, -0.1) is 0 Å². The molecule has 0 aliphatic heterocycles. The molecule has 2 aromatic heterocycles. The average molecular weight is 539 g/mol. The Labute approximate surface area is 210 Å². The Kier molecular flexibility index (Phi) is 7.66. The van der Waals surface area contributed by atoms with E-state index in [-0.39, 0.29) is 33.1 Å². The van der Waals surface area contributed by atoms with Crippen LogP contribution in [0.25, 0.3) is 11.4 Å². The Morgan fingerprint density at radius 3 is 2.37 bits per heavy atom. The van der Waals surface area contributed by atoms with E-state index in [9.17, 15) is 17.6 Å². The molecule has 0 radical (unpaired) electrons. The Bertz CT molecular complexity index is 1410. The first kappa shape index (κ1) is 27.1. The SMILES string of the molecule is CC(C)(C)[Si](C)(C)O[C@@H](Cn1ccc(-c2ccnc(S(C)(=O)=O)n2)nc1=O)c1ccc(Cl)c(F)c1. The van der Waals surface area contributed by atoms with Crippen molar-refractivity contribution in [3.63, 3.8) is 0 Å². The zero-order valence-corrected chi connectivity index (χ0v) is 23.0. The van der Waals surface area contributed by atoms with E-state index in [0.29, 0.717) is 5.56 Å². The highest BCUT2D eigenvalue weighted by Crippen LogP contribution is 2.40. The number of rotatable bonds is 7. The predicted octanol–water partition coefficient (Wildman–Crippen LogP) is 4.66. The first-order chi connectivity index (χ1) is 16.1. The third kappa shape index (κ3) is 6.40. The van der Waals surface area contributed by atoms with Crippen molar-refractivity contribution in [3.05, 3.63) is 69.6 Å².